The smallest absolute Gasteiger partial charge is 0.186 e. The van der Waals surface area contributed by atoms with E-state index in [-0.39, 0.29) is 23.5 Å². The average molecular weight is 525 g/mol. The molecule has 0 spiro atoms. The number of carbonyl (C=O) groups excluding carboxylic acids is 1. The molecule has 2 heterocycles. The minimum Gasteiger partial charge on any atom is -0.391 e. The Morgan fingerprint density at radius 3 is 2.44 bits per heavy atom. The second-order valence-electron chi connectivity index (χ2n) is 13.7. The van der Waals surface area contributed by atoms with E-state index < -0.39 is 56.6 Å². The first-order valence-corrected chi connectivity index (χ1v) is 14.0. The predicted octanol–water partition coefficient (Wildman–Crippen LogP) is 2.84. The quantitative estimate of drug-likeness (QED) is 0.324. The van der Waals surface area contributed by atoms with E-state index in [9.17, 15) is 25.2 Å². The fourth-order valence-corrected chi connectivity index (χ4v) is 10.2. The Kier molecular flexibility index (Phi) is 5.11. The molecule has 36 heavy (non-hydrogen) atoms. The lowest BCUT2D eigenvalue weighted by Gasteiger charge is -2.66. The fourth-order valence-electron chi connectivity index (χ4n) is 9.75. The van der Waals surface area contributed by atoms with Crippen molar-refractivity contribution in [3.05, 3.63) is 12.2 Å². The van der Waals surface area contributed by atoms with Gasteiger partial charge >= 0.3 is 0 Å². The fraction of sp³-hybridized carbons (Fsp3) is 0.893. The molecule has 2 saturated heterocycles. The zero-order valence-electron chi connectivity index (χ0n) is 22.0. The minimum absolute atomic E-state index is 0.0864. The van der Waals surface area contributed by atoms with Gasteiger partial charge in [-0.1, -0.05) is 26.8 Å². The predicted molar refractivity (Wildman–Crippen MR) is 132 cm³/mol. The number of halogens is 1. The van der Waals surface area contributed by atoms with Gasteiger partial charge in [-0.15, -0.1) is 11.6 Å². The third-order valence-corrected chi connectivity index (χ3v) is 13.6. The number of fused-ring (bicyclic) bond motifs is 6. The summed E-state index contributed by atoms with van der Waals surface area (Å²) in [7, 11) is 0. The number of aliphatic hydroxyl groups excluding tert-OH is 2. The molecule has 3 saturated carbocycles. The van der Waals surface area contributed by atoms with Gasteiger partial charge < -0.3 is 29.9 Å². The van der Waals surface area contributed by atoms with Crippen molar-refractivity contribution < 1.29 is 34.7 Å². The largest absolute Gasteiger partial charge is 0.391 e. The Morgan fingerprint density at radius 2 is 1.78 bits per heavy atom. The van der Waals surface area contributed by atoms with Crippen LogP contribution in [0.15, 0.2) is 12.2 Å². The molecule has 7 nitrogen and oxygen atoms in total. The summed E-state index contributed by atoms with van der Waals surface area (Å²) in [5.41, 5.74) is -5.63. The number of allylic oxidation sites excluding steroid dienone is 2. The van der Waals surface area contributed by atoms with Crippen LogP contribution in [-0.2, 0) is 14.3 Å². The number of rotatable bonds is 2. The summed E-state index contributed by atoms with van der Waals surface area (Å²) in [5.74, 6) is -1.02. The zero-order chi connectivity index (χ0) is 26.3. The van der Waals surface area contributed by atoms with E-state index in [0.717, 1.165) is 0 Å². The third-order valence-electron chi connectivity index (χ3n) is 12.8. The molecular weight excluding hydrogens is 484 g/mol. The molecule has 0 radical (unpaired) electrons. The minimum atomic E-state index is -1.27. The molecule has 13 atom stereocenters. The van der Waals surface area contributed by atoms with Gasteiger partial charge in [-0.2, -0.15) is 0 Å². The standard InChI is InChI=1S/C28H41ClO7/c1-15(18-14-23(3)25(5,36-23)21(32)35-18)27(33)11-12-28(34)17-13-20(31)26(29)9-6-7-19(30)24(26,4)16(17)8-10-22(27,28)2/h6-7,15-18,20-21,31-34H,8-14H2,1-5H3/t15-,16+,17-,18-,20-,21-,22+,23+,24+,25-,26+,27-,28+/m1/s1. The number of carbonyl (C=O) groups is 1. The van der Waals surface area contributed by atoms with Crippen LogP contribution >= 0.6 is 11.6 Å². The van der Waals surface area contributed by atoms with Crippen molar-refractivity contribution in [1.82, 2.24) is 0 Å². The topological polar surface area (TPSA) is 120 Å². The van der Waals surface area contributed by atoms with Crippen molar-refractivity contribution in [1.29, 1.82) is 0 Å². The van der Waals surface area contributed by atoms with E-state index in [4.69, 9.17) is 21.1 Å². The van der Waals surface area contributed by atoms with Crippen LogP contribution in [-0.4, -0.2) is 72.0 Å². The van der Waals surface area contributed by atoms with Crippen molar-refractivity contribution in [2.24, 2.45) is 28.6 Å². The summed E-state index contributed by atoms with van der Waals surface area (Å²) in [6.45, 7) is 9.60. The molecule has 0 aromatic rings. The highest BCUT2D eigenvalue weighted by molar-refractivity contribution is 6.28. The first-order valence-electron chi connectivity index (χ1n) is 13.6. The van der Waals surface area contributed by atoms with E-state index in [2.05, 4.69) is 0 Å². The molecule has 0 unspecified atom stereocenters. The van der Waals surface area contributed by atoms with Crippen LogP contribution in [0, 0.1) is 28.6 Å². The molecule has 4 aliphatic carbocycles. The average Bonchev–Trinajstić information content (AvgIpc) is 3.32. The number of ketones is 1. The van der Waals surface area contributed by atoms with E-state index in [1.165, 1.54) is 0 Å². The van der Waals surface area contributed by atoms with Crippen molar-refractivity contribution in [2.75, 3.05) is 0 Å². The van der Waals surface area contributed by atoms with Gasteiger partial charge in [0.2, 0.25) is 0 Å². The Labute approximate surface area is 218 Å². The molecule has 2 aliphatic heterocycles. The summed E-state index contributed by atoms with van der Waals surface area (Å²) < 4.78 is 11.9. The number of hydrogen-bond donors (Lipinski definition) is 4. The number of hydrogen-bond acceptors (Lipinski definition) is 7. The lowest BCUT2D eigenvalue weighted by molar-refractivity contribution is -0.264. The van der Waals surface area contributed by atoms with E-state index >= 15 is 0 Å². The van der Waals surface area contributed by atoms with Gasteiger partial charge in [0.05, 0.1) is 33.7 Å². The van der Waals surface area contributed by atoms with Crippen molar-refractivity contribution in [3.8, 4) is 0 Å². The Morgan fingerprint density at radius 1 is 1.08 bits per heavy atom. The summed E-state index contributed by atoms with van der Waals surface area (Å²) in [6.07, 6.45) is 4.05. The second kappa shape index (κ2) is 7.15. The molecule has 6 rings (SSSR count). The normalized spacial score (nSPS) is 62.6. The third kappa shape index (κ3) is 2.60. The number of aliphatic hydroxyl groups is 4. The molecule has 4 N–H and O–H groups in total. The van der Waals surface area contributed by atoms with Crippen LogP contribution in [0.5, 0.6) is 0 Å². The van der Waals surface area contributed by atoms with Crippen molar-refractivity contribution in [2.45, 2.75) is 125 Å². The molecule has 6 aliphatic rings. The van der Waals surface area contributed by atoms with Crippen LogP contribution in [0.1, 0.15) is 79.6 Å². The van der Waals surface area contributed by atoms with Gasteiger partial charge in [-0.3, -0.25) is 4.79 Å². The second-order valence-corrected chi connectivity index (χ2v) is 14.4. The molecule has 5 fully saturated rings. The molecule has 0 amide bonds. The van der Waals surface area contributed by atoms with Gasteiger partial charge in [0.15, 0.2) is 12.1 Å². The Bertz CT molecular complexity index is 1040. The number of ether oxygens (including phenoxy) is 2. The highest BCUT2D eigenvalue weighted by atomic mass is 35.5. The lowest BCUT2D eigenvalue weighted by atomic mass is 9.42. The maximum atomic E-state index is 13.3. The molecule has 202 valence electrons. The summed E-state index contributed by atoms with van der Waals surface area (Å²) in [6, 6.07) is 0. The van der Waals surface area contributed by atoms with E-state index in [1.807, 2.05) is 34.6 Å². The van der Waals surface area contributed by atoms with Crippen LogP contribution in [0.25, 0.3) is 0 Å². The van der Waals surface area contributed by atoms with Crippen LogP contribution in [0.4, 0.5) is 0 Å². The first-order chi connectivity index (χ1) is 16.5. The van der Waals surface area contributed by atoms with Crippen LogP contribution in [0.2, 0.25) is 0 Å². The number of epoxide rings is 1. The van der Waals surface area contributed by atoms with Crippen molar-refractivity contribution >= 4 is 17.4 Å². The Hall–Kier alpha value is -0.540. The molecule has 8 heteroatoms. The highest BCUT2D eigenvalue weighted by Crippen LogP contribution is 2.72. The van der Waals surface area contributed by atoms with Gasteiger partial charge in [-0.05, 0) is 70.3 Å². The van der Waals surface area contributed by atoms with Gasteiger partial charge in [0.25, 0.3) is 0 Å². The molecule has 0 aromatic heterocycles. The summed E-state index contributed by atoms with van der Waals surface area (Å²) in [4.78, 5) is 12.2. The van der Waals surface area contributed by atoms with Gasteiger partial charge in [0.1, 0.15) is 11.2 Å². The summed E-state index contributed by atoms with van der Waals surface area (Å²) in [5, 5.41) is 46.8. The lowest BCUT2D eigenvalue weighted by Crippen LogP contribution is -2.72. The number of alkyl halides is 1. The van der Waals surface area contributed by atoms with Gasteiger partial charge in [0, 0.05) is 17.8 Å². The molecular formula is C28H41ClO7. The van der Waals surface area contributed by atoms with Crippen LogP contribution in [0.3, 0.4) is 0 Å². The van der Waals surface area contributed by atoms with Crippen LogP contribution < -0.4 is 0 Å². The Balaban J connectivity index is 1.35. The van der Waals surface area contributed by atoms with E-state index in [0.29, 0.717) is 44.9 Å². The van der Waals surface area contributed by atoms with Crippen molar-refractivity contribution in [3.63, 3.8) is 0 Å². The maximum Gasteiger partial charge on any atom is 0.186 e. The first kappa shape index (κ1) is 25.7. The monoisotopic (exact) mass is 524 g/mol. The zero-order valence-corrected chi connectivity index (χ0v) is 22.7. The SMILES string of the molecule is C[C@H]([C@H]1C[C@]2(C)O[C@]2(C)[C@H](O)O1)[C@]1(O)CC[C@]2(O)[C@@H]3C[C@@H](O)[C@@]4(Cl)CC=CC(=O)[C@]4(C)[C@H]3CC[C@@]12C. The molecule has 0 bridgehead atoms. The molecule has 0 aromatic carbocycles. The summed E-state index contributed by atoms with van der Waals surface area (Å²) >= 11 is 7.06. The maximum absolute atomic E-state index is 13.3. The van der Waals surface area contributed by atoms with Gasteiger partial charge in [-0.25, -0.2) is 0 Å². The van der Waals surface area contributed by atoms with E-state index in [1.54, 1.807) is 12.2 Å². The highest BCUT2D eigenvalue weighted by Gasteiger charge is 2.78.